The van der Waals surface area contributed by atoms with Crippen LogP contribution in [-0.4, -0.2) is 51.4 Å². The number of aliphatic hydroxyl groups excluding tert-OH is 1. The van der Waals surface area contributed by atoms with Crippen LogP contribution in [0.5, 0.6) is 5.75 Å². The molecule has 0 bridgehead atoms. The maximum absolute atomic E-state index is 9.36. The third-order valence-electron chi connectivity index (χ3n) is 8.06. The van der Waals surface area contributed by atoms with E-state index in [0.29, 0.717) is 5.92 Å². The second kappa shape index (κ2) is 8.32. The SMILES string of the molecule is Cc1c(CO)ncn1CCN1CCC2(CC1)CO[C@H]1c3cc(Cl)ccc3OC(C)(C)[C@@H]1C2. The van der Waals surface area contributed by atoms with E-state index in [1.54, 1.807) is 0 Å². The van der Waals surface area contributed by atoms with Gasteiger partial charge in [0.1, 0.15) is 11.4 Å². The van der Waals surface area contributed by atoms with E-state index >= 15 is 0 Å². The molecule has 1 spiro atoms. The van der Waals surface area contributed by atoms with E-state index in [4.69, 9.17) is 21.1 Å². The number of nitrogens with zero attached hydrogens (tertiary/aromatic N) is 3. The molecule has 5 rings (SSSR count). The van der Waals surface area contributed by atoms with Crippen molar-refractivity contribution < 1.29 is 14.6 Å². The number of ether oxygens (including phenoxy) is 2. The fourth-order valence-corrected chi connectivity index (χ4v) is 6.02. The molecule has 7 heteroatoms. The van der Waals surface area contributed by atoms with Crippen LogP contribution in [0.2, 0.25) is 5.02 Å². The summed E-state index contributed by atoms with van der Waals surface area (Å²) in [5.41, 5.74) is 2.90. The number of hydrogen-bond donors (Lipinski definition) is 1. The van der Waals surface area contributed by atoms with Crippen LogP contribution in [-0.2, 0) is 17.9 Å². The number of aliphatic hydroxyl groups is 1. The molecule has 32 heavy (non-hydrogen) atoms. The minimum atomic E-state index is -0.264. The lowest BCUT2D eigenvalue weighted by molar-refractivity contribution is -0.174. The van der Waals surface area contributed by atoms with E-state index in [1.807, 2.05) is 31.5 Å². The maximum Gasteiger partial charge on any atom is 0.126 e. The van der Waals surface area contributed by atoms with Crippen LogP contribution in [0.4, 0.5) is 0 Å². The van der Waals surface area contributed by atoms with Gasteiger partial charge in [-0.25, -0.2) is 4.98 Å². The van der Waals surface area contributed by atoms with Gasteiger partial charge in [-0.1, -0.05) is 11.6 Å². The zero-order chi connectivity index (χ0) is 22.5. The number of benzene rings is 1. The normalized spacial score (nSPS) is 26.4. The monoisotopic (exact) mass is 459 g/mol. The number of likely N-dealkylation sites (tertiary alicyclic amines) is 1. The molecular weight excluding hydrogens is 426 g/mol. The molecule has 0 aliphatic carbocycles. The quantitative estimate of drug-likeness (QED) is 0.735. The standard InChI is InChI=1S/C25H34ClN3O3/c1-17-21(14-30)27-16-29(17)11-10-28-8-6-25(7-9-28)13-20-23(31-15-25)19-12-18(26)4-5-22(19)32-24(20,2)3/h4-5,12,16,20,23,30H,6-11,13-15H2,1-3H3/t20-,23+/m1/s1. The highest BCUT2D eigenvalue weighted by atomic mass is 35.5. The summed E-state index contributed by atoms with van der Waals surface area (Å²) in [5.74, 6) is 1.23. The van der Waals surface area contributed by atoms with Crippen molar-refractivity contribution in [1.82, 2.24) is 14.5 Å². The third kappa shape index (κ3) is 3.96. The summed E-state index contributed by atoms with van der Waals surface area (Å²) in [4.78, 5) is 6.85. The molecule has 1 aromatic heterocycles. The van der Waals surface area contributed by atoms with Crippen molar-refractivity contribution in [1.29, 1.82) is 0 Å². The first-order valence-electron chi connectivity index (χ1n) is 11.7. The van der Waals surface area contributed by atoms with Crippen molar-refractivity contribution in [2.24, 2.45) is 11.3 Å². The third-order valence-corrected chi connectivity index (χ3v) is 8.29. The van der Waals surface area contributed by atoms with Gasteiger partial charge in [-0.2, -0.15) is 0 Å². The van der Waals surface area contributed by atoms with Crippen molar-refractivity contribution in [2.45, 2.75) is 64.9 Å². The first-order chi connectivity index (χ1) is 15.3. The number of imidazole rings is 1. The molecule has 0 radical (unpaired) electrons. The Bertz CT molecular complexity index is 981. The zero-order valence-corrected chi connectivity index (χ0v) is 20.1. The second-order valence-corrected chi connectivity index (χ2v) is 10.8. The Kier molecular flexibility index (Phi) is 5.77. The molecule has 3 aliphatic heterocycles. The predicted molar refractivity (Wildman–Crippen MR) is 124 cm³/mol. The van der Waals surface area contributed by atoms with E-state index in [1.165, 1.54) is 0 Å². The van der Waals surface area contributed by atoms with Crippen LogP contribution in [0.15, 0.2) is 24.5 Å². The van der Waals surface area contributed by atoms with Gasteiger partial charge in [-0.3, -0.25) is 0 Å². The fourth-order valence-electron chi connectivity index (χ4n) is 5.84. The first-order valence-corrected chi connectivity index (χ1v) is 12.1. The highest BCUT2D eigenvalue weighted by Gasteiger charge is 2.52. The number of piperidine rings is 1. The molecule has 2 atom stereocenters. The molecule has 0 saturated carbocycles. The number of hydrogen-bond acceptors (Lipinski definition) is 5. The largest absolute Gasteiger partial charge is 0.487 e. The van der Waals surface area contributed by atoms with Gasteiger partial charge in [-0.15, -0.1) is 0 Å². The van der Waals surface area contributed by atoms with Gasteiger partial charge >= 0.3 is 0 Å². The highest BCUT2D eigenvalue weighted by molar-refractivity contribution is 6.30. The molecule has 1 aromatic carbocycles. The Labute approximate surface area is 195 Å². The lowest BCUT2D eigenvalue weighted by Gasteiger charge is -2.54. The van der Waals surface area contributed by atoms with Gasteiger partial charge in [0.2, 0.25) is 0 Å². The molecule has 2 fully saturated rings. The Hall–Kier alpha value is -1.60. The summed E-state index contributed by atoms with van der Waals surface area (Å²) in [5, 5.41) is 10.1. The van der Waals surface area contributed by atoms with Gasteiger partial charge in [0.25, 0.3) is 0 Å². The van der Waals surface area contributed by atoms with Gasteiger partial charge in [-0.05, 0) is 76.7 Å². The van der Waals surface area contributed by atoms with E-state index in [2.05, 4.69) is 28.3 Å². The Morgan fingerprint density at radius 1 is 1.22 bits per heavy atom. The second-order valence-electron chi connectivity index (χ2n) is 10.4. The molecular formula is C25H34ClN3O3. The van der Waals surface area contributed by atoms with Crippen molar-refractivity contribution >= 4 is 11.6 Å². The topological polar surface area (TPSA) is 59.8 Å². The smallest absolute Gasteiger partial charge is 0.126 e. The average Bonchev–Trinajstić information content (AvgIpc) is 3.13. The molecule has 2 saturated heterocycles. The predicted octanol–water partition coefficient (Wildman–Crippen LogP) is 4.37. The van der Waals surface area contributed by atoms with E-state index < -0.39 is 0 Å². The Morgan fingerprint density at radius 2 is 2.00 bits per heavy atom. The van der Waals surface area contributed by atoms with E-state index in [9.17, 15) is 5.11 Å². The van der Waals surface area contributed by atoms with Gasteiger partial charge < -0.3 is 24.0 Å². The lowest BCUT2D eigenvalue weighted by atomic mass is 9.64. The molecule has 0 amide bonds. The molecule has 0 unspecified atom stereocenters. The summed E-state index contributed by atoms with van der Waals surface area (Å²) in [6, 6.07) is 5.89. The molecule has 2 aromatic rings. The van der Waals surface area contributed by atoms with Crippen molar-refractivity contribution in [3.05, 3.63) is 46.5 Å². The van der Waals surface area contributed by atoms with E-state index in [-0.39, 0.29) is 23.7 Å². The summed E-state index contributed by atoms with van der Waals surface area (Å²) >= 11 is 6.30. The molecule has 3 aliphatic rings. The number of rotatable bonds is 4. The van der Waals surface area contributed by atoms with Crippen LogP contribution >= 0.6 is 11.6 Å². The zero-order valence-electron chi connectivity index (χ0n) is 19.3. The van der Waals surface area contributed by atoms with Crippen LogP contribution in [0, 0.1) is 18.3 Å². The Morgan fingerprint density at radius 3 is 2.72 bits per heavy atom. The van der Waals surface area contributed by atoms with Gasteiger partial charge in [0.15, 0.2) is 0 Å². The molecule has 174 valence electrons. The van der Waals surface area contributed by atoms with E-state index in [0.717, 1.165) is 79.8 Å². The number of aromatic nitrogens is 2. The maximum atomic E-state index is 9.36. The number of halogens is 1. The highest BCUT2D eigenvalue weighted by Crippen LogP contribution is 2.55. The summed E-state index contributed by atoms with van der Waals surface area (Å²) in [6.07, 6.45) is 5.33. The van der Waals surface area contributed by atoms with Crippen molar-refractivity contribution in [2.75, 3.05) is 26.2 Å². The molecule has 4 heterocycles. The molecule has 1 N–H and O–H groups in total. The minimum Gasteiger partial charge on any atom is -0.487 e. The van der Waals surface area contributed by atoms with Crippen LogP contribution in [0.25, 0.3) is 0 Å². The van der Waals surface area contributed by atoms with Crippen LogP contribution in [0.3, 0.4) is 0 Å². The van der Waals surface area contributed by atoms with Crippen LogP contribution in [0.1, 0.15) is 56.2 Å². The first kappa shape index (κ1) is 22.2. The number of fused-ring (bicyclic) bond motifs is 3. The average molecular weight is 460 g/mol. The summed E-state index contributed by atoms with van der Waals surface area (Å²) in [6.45, 7) is 11.3. The fraction of sp³-hybridized carbons (Fsp3) is 0.640. The van der Waals surface area contributed by atoms with Gasteiger partial charge in [0, 0.05) is 35.3 Å². The lowest BCUT2D eigenvalue weighted by Crippen LogP contribution is -2.54. The molecule has 6 nitrogen and oxygen atoms in total. The Balaban J connectivity index is 1.23. The van der Waals surface area contributed by atoms with Gasteiger partial charge in [0.05, 0.1) is 31.3 Å². The minimum absolute atomic E-state index is 0.00394. The summed E-state index contributed by atoms with van der Waals surface area (Å²) in [7, 11) is 0. The summed E-state index contributed by atoms with van der Waals surface area (Å²) < 4.78 is 15.2. The van der Waals surface area contributed by atoms with Crippen molar-refractivity contribution in [3.63, 3.8) is 0 Å². The van der Waals surface area contributed by atoms with Crippen molar-refractivity contribution in [3.8, 4) is 5.75 Å². The van der Waals surface area contributed by atoms with Crippen LogP contribution < -0.4 is 4.74 Å².